The summed E-state index contributed by atoms with van der Waals surface area (Å²) in [6.45, 7) is 5.61. The highest BCUT2D eigenvalue weighted by atomic mass is 16.8. The van der Waals surface area contributed by atoms with E-state index in [2.05, 4.69) is 4.90 Å². The van der Waals surface area contributed by atoms with Gasteiger partial charge in [0.05, 0.1) is 6.10 Å². The first-order valence-electron chi connectivity index (χ1n) is 5.33. The Morgan fingerprint density at radius 2 is 2.07 bits per heavy atom. The number of ether oxygens (including phenoxy) is 2. The summed E-state index contributed by atoms with van der Waals surface area (Å²) in [5, 5.41) is 9.55. The van der Waals surface area contributed by atoms with Crippen LogP contribution in [0.3, 0.4) is 0 Å². The minimum Gasteiger partial charge on any atom is -0.392 e. The molecule has 0 aromatic heterocycles. The van der Waals surface area contributed by atoms with Crippen molar-refractivity contribution in [1.29, 1.82) is 0 Å². The molecule has 4 atom stereocenters. The number of rotatable bonds is 0. The summed E-state index contributed by atoms with van der Waals surface area (Å²) in [5.74, 6) is -0.436. The highest BCUT2D eigenvalue weighted by Crippen LogP contribution is 2.40. The van der Waals surface area contributed by atoms with Crippen molar-refractivity contribution in [2.75, 3.05) is 13.1 Å². The average Bonchev–Trinajstić information content (AvgIpc) is 2.58. The van der Waals surface area contributed by atoms with Crippen LogP contribution in [0.25, 0.3) is 0 Å². The summed E-state index contributed by atoms with van der Waals surface area (Å²) in [5.41, 5.74) is 0. The smallest absolute Gasteiger partial charge is 0.163 e. The van der Waals surface area contributed by atoms with Gasteiger partial charge in [-0.15, -0.1) is 0 Å². The van der Waals surface area contributed by atoms with E-state index < -0.39 is 5.79 Å². The van der Waals surface area contributed by atoms with Crippen molar-refractivity contribution in [3.05, 3.63) is 0 Å². The van der Waals surface area contributed by atoms with Crippen LogP contribution in [0.5, 0.6) is 0 Å². The van der Waals surface area contributed by atoms with Crippen molar-refractivity contribution >= 4 is 0 Å². The molecule has 14 heavy (non-hydrogen) atoms. The van der Waals surface area contributed by atoms with Crippen molar-refractivity contribution in [2.45, 2.75) is 50.4 Å². The number of hydrogen-bond acceptors (Lipinski definition) is 4. The highest BCUT2D eigenvalue weighted by molar-refractivity contribution is 5.04. The van der Waals surface area contributed by atoms with Crippen LogP contribution in [0.2, 0.25) is 0 Å². The quantitative estimate of drug-likeness (QED) is 0.594. The van der Waals surface area contributed by atoms with Crippen LogP contribution < -0.4 is 0 Å². The van der Waals surface area contributed by atoms with Gasteiger partial charge >= 0.3 is 0 Å². The lowest BCUT2D eigenvalue weighted by atomic mass is 10.1. The lowest BCUT2D eigenvalue weighted by Crippen LogP contribution is -2.33. The number of hydrogen-bond donors (Lipinski definition) is 1. The van der Waals surface area contributed by atoms with E-state index >= 15 is 0 Å². The zero-order valence-electron chi connectivity index (χ0n) is 8.64. The van der Waals surface area contributed by atoms with Crippen LogP contribution in [0, 0.1) is 0 Å². The van der Waals surface area contributed by atoms with Crippen LogP contribution in [0.15, 0.2) is 0 Å². The monoisotopic (exact) mass is 199 g/mol. The van der Waals surface area contributed by atoms with E-state index in [0.717, 1.165) is 19.5 Å². The van der Waals surface area contributed by atoms with Gasteiger partial charge in [-0.2, -0.15) is 0 Å². The third-order valence-corrected chi connectivity index (χ3v) is 3.44. The summed E-state index contributed by atoms with van der Waals surface area (Å²) in [6, 6.07) is 0.372. The van der Waals surface area contributed by atoms with Crippen molar-refractivity contribution in [1.82, 2.24) is 4.90 Å². The molecular weight excluding hydrogens is 182 g/mol. The standard InChI is InChI=1S/C10H17NO3/c1-10(2)13-8-5-11-4-6(12)3-7(11)9(8)14-10/h6-9,12H,3-5H2,1-2H3/t6-,7+,8-,9+/m0/s1. The van der Waals surface area contributed by atoms with E-state index in [-0.39, 0.29) is 18.3 Å². The normalized spacial score (nSPS) is 50.8. The van der Waals surface area contributed by atoms with Crippen molar-refractivity contribution in [3.8, 4) is 0 Å². The Bertz CT molecular complexity index is 256. The predicted molar refractivity (Wildman–Crippen MR) is 49.8 cm³/mol. The van der Waals surface area contributed by atoms with E-state index in [4.69, 9.17) is 9.47 Å². The third kappa shape index (κ3) is 1.21. The molecule has 3 aliphatic rings. The molecule has 3 rings (SSSR count). The first-order valence-corrected chi connectivity index (χ1v) is 5.33. The Morgan fingerprint density at radius 3 is 2.86 bits per heavy atom. The Labute approximate surface area is 83.8 Å². The van der Waals surface area contributed by atoms with Gasteiger partial charge < -0.3 is 14.6 Å². The second-order valence-electron chi connectivity index (χ2n) is 5.05. The second-order valence-corrected chi connectivity index (χ2v) is 5.05. The van der Waals surface area contributed by atoms with Crippen molar-refractivity contribution < 1.29 is 14.6 Å². The van der Waals surface area contributed by atoms with Gasteiger partial charge in [0, 0.05) is 19.1 Å². The lowest BCUT2D eigenvalue weighted by Gasteiger charge is -2.23. The maximum atomic E-state index is 9.55. The van der Waals surface area contributed by atoms with E-state index in [0.29, 0.717) is 6.04 Å². The molecule has 80 valence electrons. The van der Waals surface area contributed by atoms with E-state index in [1.807, 2.05) is 13.8 Å². The zero-order chi connectivity index (χ0) is 9.92. The van der Waals surface area contributed by atoms with E-state index in [9.17, 15) is 5.11 Å². The van der Waals surface area contributed by atoms with Gasteiger partial charge in [0.25, 0.3) is 0 Å². The summed E-state index contributed by atoms with van der Waals surface area (Å²) in [7, 11) is 0. The second kappa shape index (κ2) is 2.70. The van der Waals surface area contributed by atoms with Gasteiger partial charge in [-0.25, -0.2) is 0 Å². The van der Waals surface area contributed by atoms with Gasteiger partial charge in [0.15, 0.2) is 5.79 Å². The Kier molecular flexibility index (Phi) is 1.75. The summed E-state index contributed by atoms with van der Waals surface area (Å²) in [6.07, 6.45) is 1.04. The molecule has 0 aliphatic carbocycles. The third-order valence-electron chi connectivity index (χ3n) is 3.44. The number of aliphatic hydroxyl groups is 1. The SMILES string of the molecule is CC1(C)O[C@H]2[C@H](CN3C[C@@H](O)C[C@H]23)O1. The topological polar surface area (TPSA) is 41.9 Å². The van der Waals surface area contributed by atoms with Crippen molar-refractivity contribution in [3.63, 3.8) is 0 Å². The molecule has 4 nitrogen and oxygen atoms in total. The highest BCUT2D eigenvalue weighted by Gasteiger charge is 2.54. The van der Waals surface area contributed by atoms with Gasteiger partial charge in [-0.1, -0.05) is 0 Å². The van der Waals surface area contributed by atoms with E-state index in [1.165, 1.54) is 0 Å². The van der Waals surface area contributed by atoms with Gasteiger partial charge in [0.2, 0.25) is 0 Å². The Morgan fingerprint density at radius 1 is 1.29 bits per heavy atom. The molecule has 0 spiro atoms. The van der Waals surface area contributed by atoms with Crippen LogP contribution in [0.1, 0.15) is 20.3 Å². The molecule has 3 saturated heterocycles. The molecule has 3 fully saturated rings. The molecule has 0 aromatic carbocycles. The van der Waals surface area contributed by atoms with Crippen LogP contribution in [-0.2, 0) is 9.47 Å². The van der Waals surface area contributed by atoms with Gasteiger partial charge in [-0.3, -0.25) is 4.90 Å². The van der Waals surface area contributed by atoms with E-state index in [1.54, 1.807) is 0 Å². The van der Waals surface area contributed by atoms with Gasteiger partial charge in [0.1, 0.15) is 12.2 Å². The molecule has 0 radical (unpaired) electrons. The summed E-state index contributed by atoms with van der Waals surface area (Å²) >= 11 is 0. The van der Waals surface area contributed by atoms with Gasteiger partial charge in [-0.05, 0) is 20.3 Å². The lowest BCUT2D eigenvalue weighted by molar-refractivity contribution is -0.159. The minimum absolute atomic E-state index is 0.169. The number of nitrogens with zero attached hydrogens (tertiary/aromatic N) is 1. The largest absolute Gasteiger partial charge is 0.392 e. The summed E-state index contributed by atoms with van der Waals surface area (Å²) in [4.78, 5) is 2.29. The molecular formula is C10H17NO3. The van der Waals surface area contributed by atoms with Crippen LogP contribution in [-0.4, -0.2) is 53.2 Å². The molecule has 0 saturated carbocycles. The van der Waals surface area contributed by atoms with Crippen LogP contribution >= 0.6 is 0 Å². The molecule has 0 bridgehead atoms. The zero-order valence-corrected chi connectivity index (χ0v) is 8.64. The molecule has 0 amide bonds. The molecule has 3 aliphatic heterocycles. The fourth-order valence-corrected chi connectivity index (χ4v) is 3.02. The Balaban J connectivity index is 1.78. The average molecular weight is 199 g/mol. The fourth-order valence-electron chi connectivity index (χ4n) is 3.02. The first kappa shape index (κ1) is 9.09. The van der Waals surface area contributed by atoms with Crippen LogP contribution in [0.4, 0.5) is 0 Å². The molecule has 1 N–H and O–H groups in total. The minimum atomic E-state index is -0.436. The number of aliphatic hydroxyl groups excluding tert-OH is 1. The molecule has 0 aromatic rings. The maximum absolute atomic E-state index is 9.55. The molecule has 0 unspecified atom stereocenters. The fraction of sp³-hybridized carbons (Fsp3) is 1.00. The summed E-state index contributed by atoms with van der Waals surface area (Å²) < 4.78 is 11.7. The first-order chi connectivity index (χ1) is 6.55. The number of fused-ring (bicyclic) bond motifs is 3. The molecule has 3 heterocycles. The Hall–Kier alpha value is -0.160. The predicted octanol–water partition coefficient (Wildman–Crippen LogP) is -0.0447. The molecule has 4 heteroatoms. The van der Waals surface area contributed by atoms with Crippen molar-refractivity contribution in [2.24, 2.45) is 0 Å². The maximum Gasteiger partial charge on any atom is 0.163 e.